The zero-order valence-electron chi connectivity index (χ0n) is 8.05. The summed E-state index contributed by atoms with van der Waals surface area (Å²) >= 11 is 0. The molecule has 1 N–H and O–H groups in total. The molecule has 2 nitrogen and oxygen atoms in total. The average molecular weight is 160 g/mol. The van der Waals surface area contributed by atoms with Crippen LogP contribution in [0.1, 0.15) is 34.1 Å². The topological polar surface area (TPSA) is 29.5 Å². The van der Waals surface area contributed by atoms with E-state index in [2.05, 4.69) is 13.8 Å². The third-order valence-electron chi connectivity index (χ3n) is 1.29. The first-order valence-corrected chi connectivity index (χ1v) is 4.22. The van der Waals surface area contributed by atoms with Gasteiger partial charge in [-0.3, -0.25) is 0 Å². The predicted molar refractivity (Wildman–Crippen MR) is 46.6 cm³/mol. The number of aliphatic hydroxyl groups is 1. The van der Waals surface area contributed by atoms with Crippen LogP contribution in [0.25, 0.3) is 0 Å². The van der Waals surface area contributed by atoms with Crippen LogP contribution in [0.5, 0.6) is 0 Å². The molecule has 2 heteroatoms. The van der Waals surface area contributed by atoms with E-state index >= 15 is 0 Å². The van der Waals surface area contributed by atoms with Crippen molar-refractivity contribution in [3.05, 3.63) is 0 Å². The molecule has 0 aromatic heterocycles. The van der Waals surface area contributed by atoms with Crippen molar-refractivity contribution < 1.29 is 9.84 Å². The Morgan fingerprint density at radius 1 is 1.36 bits per heavy atom. The van der Waals surface area contributed by atoms with Gasteiger partial charge in [-0.1, -0.05) is 13.8 Å². The van der Waals surface area contributed by atoms with Crippen molar-refractivity contribution in [1.82, 2.24) is 0 Å². The summed E-state index contributed by atoms with van der Waals surface area (Å²) < 4.78 is 5.26. The molecule has 0 spiro atoms. The Kier molecular flexibility index (Phi) is 4.69. The second kappa shape index (κ2) is 4.73. The van der Waals surface area contributed by atoms with Crippen LogP contribution in [0.3, 0.4) is 0 Å². The molecule has 0 atom stereocenters. The highest BCUT2D eigenvalue weighted by Gasteiger charge is 2.11. The molecule has 0 saturated carbocycles. The van der Waals surface area contributed by atoms with Gasteiger partial charge in [-0.2, -0.15) is 0 Å². The van der Waals surface area contributed by atoms with Gasteiger partial charge in [0.25, 0.3) is 0 Å². The van der Waals surface area contributed by atoms with E-state index in [9.17, 15) is 5.11 Å². The molecular weight excluding hydrogens is 140 g/mol. The Hall–Kier alpha value is -0.0800. The molecule has 0 unspecified atom stereocenters. The third kappa shape index (κ3) is 9.92. The Balaban J connectivity index is 3.15. The van der Waals surface area contributed by atoms with Gasteiger partial charge in [0, 0.05) is 6.61 Å². The number of ether oxygens (including phenoxy) is 1. The SMILES string of the molecule is CC(C)CCOCC(C)(C)O. The molecule has 0 aliphatic heterocycles. The van der Waals surface area contributed by atoms with Crippen LogP contribution in [0.2, 0.25) is 0 Å². The lowest BCUT2D eigenvalue weighted by Crippen LogP contribution is -2.26. The maximum Gasteiger partial charge on any atom is 0.0824 e. The second-order valence-corrected chi connectivity index (χ2v) is 4.05. The van der Waals surface area contributed by atoms with Crippen molar-refractivity contribution in [2.24, 2.45) is 5.92 Å². The van der Waals surface area contributed by atoms with E-state index in [1.165, 1.54) is 0 Å². The minimum absolute atomic E-state index is 0.430. The molecule has 0 saturated heterocycles. The molecule has 0 radical (unpaired) electrons. The monoisotopic (exact) mass is 160 g/mol. The fraction of sp³-hybridized carbons (Fsp3) is 1.00. The van der Waals surface area contributed by atoms with E-state index in [4.69, 9.17) is 4.74 Å². The lowest BCUT2D eigenvalue weighted by Gasteiger charge is -2.17. The van der Waals surface area contributed by atoms with Gasteiger partial charge in [0.05, 0.1) is 12.2 Å². The van der Waals surface area contributed by atoms with Gasteiger partial charge in [-0.25, -0.2) is 0 Å². The molecule has 0 aliphatic rings. The fourth-order valence-corrected chi connectivity index (χ4v) is 0.641. The van der Waals surface area contributed by atoms with Crippen molar-refractivity contribution in [1.29, 1.82) is 0 Å². The standard InChI is InChI=1S/C9H20O2/c1-8(2)5-6-11-7-9(3,4)10/h8,10H,5-7H2,1-4H3. The van der Waals surface area contributed by atoms with Crippen molar-refractivity contribution in [3.8, 4) is 0 Å². The molecule has 68 valence electrons. The first kappa shape index (κ1) is 10.9. The Labute approximate surface area is 69.6 Å². The van der Waals surface area contributed by atoms with Crippen LogP contribution >= 0.6 is 0 Å². The summed E-state index contributed by atoms with van der Waals surface area (Å²) in [6.07, 6.45) is 1.07. The van der Waals surface area contributed by atoms with Crippen LogP contribution < -0.4 is 0 Å². The quantitative estimate of drug-likeness (QED) is 0.622. The number of hydrogen-bond donors (Lipinski definition) is 1. The zero-order chi connectivity index (χ0) is 8.91. The largest absolute Gasteiger partial charge is 0.388 e. The first-order chi connectivity index (χ1) is 4.92. The van der Waals surface area contributed by atoms with E-state index in [1.54, 1.807) is 13.8 Å². The van der Waals surface area contributed by atoms with E-state index in [1.807, 2.05) is 0 Å². The highest BCUT2D eigenvalue weighted by Crippen LogP contribution is 2.03. The van der Waals surface area contributed by atoms with Crippen LogP contribution in [-0.4, -0.2) is 23.9 Å². The summed E-state index contributed by atoms with van der Waals surface area (Å²) in [5.74, 6) is 0.678. The number of rotatable bonds is 5. The normalized spacial score (nSPS) is 12.5. The Morgan fingerprint density at radius 3 is 2.27 bits per heavy atom. The maximum absolute atomic E-state index is 9.26. The predicted octanol–water partition coefficient (Wildman–Crippen LogP) is 1.82. The number of hydrogen-bond acceptors (Lipinski definition) is 2. The molecule has 0 heterocycles. The van der Waals surface area contributed by atoms with Gasteiger partial charge in [0.15, 0.2) is 0 Å². The highest BCUT2D eigenvalue weighted by atomic mass is 16.5. The molecule has 0 aromatic rings. The molecule has 0 aromatic carbocycles. The minimum Gasteiger partial charge on any atom is -0.388 e. The molecule has 0 rings (SSSR count). The molecule has 0 amide bonds. The van der Waals surface area contributed by atoms with E-state index < -0.39 is 5.60 Å². The molecular formula is C9H20O2. The molecule has 0 bridgehead atoms. The fourth-order valence-electron chi connectivity index (χ4n) is 0.641. The average Bonchev–Trinajstić information content (AvgIpc) is 1.78. The zero-order valence-corrected chi connectivity index (χ0v) is 8.05. The van der Waals surface area contributed by atoms with Crippen LogP contribution in [0.4, 0.5) is 0 Å². The van der Waals surface area contributed by atoms with Crippen LogP contribution in [-0.2, 0) is 4.74 Å². The summed E-state index contributed by atoms with van der Waals surface area (Å²) in [4.78, 5) is 0. The van der Waals surface area contributed by atoms with Crippen molar-refractivity contribution in [3.63, 3.8) is 0 Å². The Morgan fingerprint density at radius 2 is 1.91 bits per heavy atom. The van der Waals surface area contributed by atoms with Crippen molar-refractivity contribution in [2.45, 2.75) is 39.7 Å². The second-order valence-electron chi connectivity index (χ2n) is 4.05. The van der Waals surface area contributed by atoms with E-state index in [-0.39, 0.29) is 0 Å². The van der Waals surface area contributed by atoms with Gasteiger partial charge < -0.3 is 9.84 Å². The lowest BCUT2D eigenvalue weighted by molar-refractivity contribution is -0.0230. The van der Waals surface area contributed by atoms with Gasteiger partial charge in [0.2, 0.25) is 0 Å². The van der Waals surface area contributed by atoms with Crippen molar-refractivity contribution >= 4 is 0 Å². The van der Waals surface area contributed by atoms with Crippen molar-refractivity contribution in [2.75, 3.05) is 13.2 Å². The summed E-state index contributed by atoms with van der Waals surface area (Å²) in [6.45, 7) is 9.01. The van der Waals surface area contributed by atoms with Crippen LogP contribution in [0, 0.1) is 5.92 Å². The Bertz CT molecular complexity index is 92.2. The smallest absolute Gasteiger partial charge is 0.0824 e. The first-order valence-electron chi connectivity index (χ1n) is 4.22. The van der Waals surface area contributed by atoms with Crippen LogP contribution in [0.15, 0.2) is 0 Å². The summed E-state index contributed by atoms with van der Waals surface area (Å²) in [6, 6.07) is 0. The molecule has 0 aliphatic carbocycles. The third-order valence-corrected chi connectivity index (χ3v) is 1.29. The summed E-state index contributed by atoms with van der Waals surface area (Å²) in [7, 11) is 0. The molecule has 11 heavy (non-hydrogen) atoms. The summed E-state index contributed by atoms with van der Waals surface area (Å²) in [5.41, 5.74) is -0.684. The minimum atomic E-state index is -0.684. The van der Waals surface area contributed by atoms with Gasteiger partial charge in [-0.15, -0.1) is 0 Å². The van der Waals surface area contributed by atoms with Gasteiger partial charge in [0.1, 0.15) is 0 Å². The van der Waals surface area contributed by atoms with E-state index in [0.717, 1.165) is 13.0 Å². The highest BCUT2D eigenvalue weighted by molar-refractivity contribution is 4.62. The molecule has 0 fully saturated rings. The van der Waals surface area contributed by atoms with Gasteiger partial charge >= 0.3 is 0 Å². The van der Waals surface area contributed by atoms with Gasteiger partial charge in [-0.05, 0) is 26.2 Å². The summed E-state index contributed by atoms with van der Waals surface area (Å²) in [5, 5.41) is 9.26. The maximum atomic E-state index is 9.26. The van der Waals surface area contributed by atoms with E-state index in [0.29, 0.717) is 12.5 Å². The lowest BCUT2D eigenvalue weighted by atomic mass is 10.1.